The molecule has 1 amide bonds. The van der Waals surface area contributed by atoms with E-state index in [-0.39, 0.29) is 11.7 Å². The molecule has 0 saturated carbocycles. The minimum Gasteiger partial charge on any atom is -0.497 e. The molecule has 140 valence electrons. The van der Waals surface area contributed by atoms with Crippen LogP contribution in [0.1, 0.15) is 48.7 Å². The van der Waals surface area contributed by atoms with Gasteiger partial charge in [-0.15, -0.1) is 0 Å². The molecule has 0 aliphatic carbocycles. The van der Waals surface area contributed by atoms with Crippen LogP contribution in [-0.2, 0) is 11.3 Å². The Morgan fingerprint density at radius 2 is 1.85 bits per heavy atom. The predicted molar refractivity (Wildman–Crippen MR) is 99.6 cm³/mol. The summed E-state index contributed by atoms with van der Waals surface area (Å²) in [5, 5.41) is 8.49. The fraction of sp³-hybridized carbons (Fsp3) is 0.400. The van der Waals surface area contributed by atoms with E-state index < -0.39 is 0 Å². The first kappa shape index (κ1) is 19.7. The minimum atomic E-state index is -0.359. The van der Waals surface area contributed by atoms with Crippen molar-refractivity contribution >= 4 is 11.7 Å². The largest absolute Gasteiger partial charge is 0.497 e. The number of aromatic nitrogens is 1. The number of benzene rings is 1. The van der Waals surface area contributed by atoms with Gasteiger partial charge in [0.2, 0.25) is 5.91 Å². The molecule has 0 bridgehead atoms. The van der Waals surface area contributed by atoms with Gasteiger partial charge in [0.25, 0.3) is 0 Å². The molecule has 0 radical (unpaired) electrons. The number of amides is 1. The van der Waals surface area contributed by atoms with Crippen molar-refractivity contribution in [2.75, 3.05) is 7.11 Å². The highest BCUT2D eigenvalue weighted by atomic mass is 16.5. The van der Waals surface area contributed by atoms with E-state index in [0.717, 1.165) is 53.9 Å². The Hall–Kier alpha value is -2.60. The molecule has 2 aromatic rings. The number of rotatable bonds is 9. The van der Waals surface area contributed by atoms with Gasteiger partial charge in [-0.25, -0.2) is 5.48 Å². The van der Waals surface area contributed by atoms with Crippen LogP contribution in [0.4, 0.5) is 0 Å². The van der Waals surface area contributed by atoms with Crippen LogP contribution in [0.25, 0.3) is 11.1 Å². The topological polar surface area (TPSA) is 80.6 Å². The number of ketones is 1. The van der Waals surface area contributed by atoms with Crippen molar-refractivity contribution in [1.82, 2.24) is 10.0 Å². The van der Waals surface area contributed by atoms with Gasteiger partial charge in [-0.05, 0) is 44.4 Å². The Kier molecular flexibility index (Phi) is 6.97. The highest BCUT2D eigenvalue weighted by Crippen LogP contribution is 2.30. The molecule has 0 atom stereocenters. The second-order valence-electron chi connectivity index (χ2n) is 6.33. The molecule has 6 heteroatoms. The highest BCUT2D eigenvalue weighted by Gasteiger charge is 2.17. The van der Waals surface area contributed by atoms with Gasteiger partial charge >= 0.3 is 0 Å². The third-order valence-electron chi connectivity index (χ3n) is 4.53. The van der Waals surface area contributed by atoms with E-state index >= 15 is 0 Å². The maximum Gasteiger partial charge on any atom is 0.243 e. The van der Waals surface area contributed by atoms with Crippen LogP contribution in [0.3, 0.4) is 0 Å². The monoisotopic (exact) mass is 358 g/mol. The van der Waals surface area contributed by atoms with Gasteiger partial charge in [0.05, 0.1) is 7.11 Å². The van der Waals surface area contributed by atoms with E-state index in [1.807, 2.05) is 37.4 Å². The van der Waals surface area contributed by atoms with Gasteiger partial charge < -0.3 is 9.30 Å². The van der Waals surface area contributed by atoms with E-state index in [9.17, 15) is 9.59 Å². The molecule has 0 aliphatic heterocycles. The molecule has 0 fully saturated rings. The van der Waals surface area contributed by atoms with Crippen LogP contribution >= 0.6 is 0 Å². The lowest BCUT2D eigenvalue weighted by Gasteiger charge is -2.06. The summed E-state index contributed by atoms with van der Waals surface area (Å²) < 4.78 is 7.30. The predicted octanol–water partition coefficient (Wildman–Crippen LogP) is 3.74. The van der Waals surface area contributed by atoms with Crippen LogP contribution in [0.5, 0.6) is 5.75 Å². The van der Waals surface area contributed by atoms with Crippen LogP contribution in [0, 0.1) is 6.92 Å². The number of Topliss-reactive ketones (excluding diaryl/α,β-unsaturated/α-hetero) is 1. The molecule has 26 heavy (non-hydrogen) atoms. The van der Waals surface area contributed by atoms with Crippen molar-refractivity contribution in [3.63, 3.8) is 0 Å². The summed E-state index contributed by atoms with van der Waals surface area (Å²) in [4.78, 5) is 23.2. The number of ether oxygens (including phenoxy) is 1. The lowest BCUT2D eigenvalue weighted by molar-refractivity contribution is -0.129. The Labute approximate surface area is 153 Å². The number of unbranched alkanes of at least 4 members (excludes halogenated alkanes) is 2. The maximum atomic E-state index is 12.2. The van der Waals surface area contributed by atoms with Gasteiger partial charge in [-0.2, -0.15) is 0 Å². The average Bonchev–Trinajstić information content (AvgIpc) is 2.98. The number of carbonyl (C=O) groups is 2. The summed E-state index contributed by atoms with van der Waals surface area (Å²) in [5.74, 6) is 0.468. The van der Waals surface area contributed by atoms with Gasteiger partial charge in [0.15, 0.2) is 5.78 Å². The molecule has 1 heterocycles. The maximum absolute atomic E-state index is 12.2. The zero-order valence-corrected chi connectivity index (χ0v) is 15.5. The van der Waals surface area contributed by atoms with Gasteiger partial charge in [0, 0.05) is 36.0 Å². The standard InChI is InChI=1S/C20H26N2O4/c1-14-20(15(2)23)18(16-8-10-17(26-3)11-9-16)13-22(14)12-6-4-5-7-19(24)21-25/h8-11,13,25H,4-7,12H2,1-3H3,(H,21,24). The first-order valence-electron chi connectivity index (χ1n) is 8.76. The Bertz CT molecular complexity index is 763. The molecule has 2 N–H and O–H groups in total. The molecule has 0 spiro atoms. The fourth-order valence-corrected chi connectivity index (χ4v) is 3.12. The van der Waals surface area contributed by atoms with E-state index in [0.29, 0.717) is 6.42 Å². The van der Waals surface area contributed by atoms with Gasteiger partial charge in [0.1, 0.15) is 5.75 Å². The lowest BCUT2D eigenvalue weighted by atomic mass is 10.0. The molecule has 0 saturated heterocycles. The Morgan fingerprint density at radius 3 is 2.42 bits per heavy atom. The van der Waals surface area contributed by atoms with E-state index in [1.165, 1.54) is 0 Å². The normalized spacial score (nSPS) is 10.6. The van der Waals surface area contributed by atoms with E-state index in [4.69, 9.17) is 9.94 Å². The van der Waals surface area contributed by atoms with Crippen molar-refractivity contribution in [3.8, 4) is 16.9 Å². The molecular weight excluding hydrogens is 332 g/mol. The highest BCUT2D eigenvalue weighted by molar-refractivity contribution is 6.02. The fourth-order valence-electron chi connectivity index (χ4n) is 3.12. The first-order valence-corrected chi connectivity index (χ1v) is 8.76. The third kappa shape index (κ3) is 4.73. The first-order chi connectivity index (χ1) is 12.5. The third-order valence-corrected chi connectivity index (χ3v) is 4.53. The molecule has 2 rings (SSSR count). The SMILES string of the molecule is COc1ccc(-c2cn(CCCCCC(=O)NO)c(C)c2C(C)=O)cc1. The summed E-state index contributed by atoms with van der Waals surface area (Å²) >= 11 is 0. The number of nitrogens with zero attached hydrogens (tertiary/aromatic N) is 1. The summed E-state index contributed by atoms with van der Waals surface area (Å²) in [6.45, 7) is 4.33. The number of hydroxylamine groups is 1. The van der Waals surface area contributed by atoms with Crippen molar-refractivity contribution < 1.29 is 19.5 Å². The second-order valence-corrected chi connectivity index (χ2v) is 6.33. The minimum absolute atomic E-state index is 0.0479. The number of nitrogens with one attached hydrogen (secondary N) is 1. The van der Waals surface area contributed by atoms with Crippen LogP contribution in [0.2, 0.25) is 0 Å². The zero-order valence-electron chi connectivity index (χ0n) is 15.5. The summed E-state index contributed by atoms with van der Waals surface area (Å²) in [6, 6.07) is 7.69. The average molecular weight is 358 g/mol. The van der Waals surface area contributed by atoms with Crippen LogP contribution in [-0.4, -0.2) is 28.6 Å². The summed E-state index contributed by atoms with van der Waals surface area (Å²) in [6.07, 6.45) is 4.83. The van der Waals surface area contributed by atoms with Gasteiger partial charge in [-0.1, -0.05) is 18.6 Å². The number of methoxy groups -OCH3 is 1. The molecule has 1 aromatic carbocycles. The quantitative estimate of drug-likeness (QED) is 0.310. The van der Waals surface area contributed by atoms with Gasteiger partial charge in [-0.3, -0.25) is 14.8 Å². The molecule has 6 nitrogen and oxygen atoms in total. The second kappa shape index (κ2) is 9.20. The van der Waals surface area contributed by atoms with E-state index in [2.05, 4.69) is 4.57 Å². The summed E-state index contributed by atoms with van der Waals surface area (Å²) in [5.41, 5.74) is 5.25. The summed E-state index contributed by atoms with van der Waals surface area (Å²) in [7, 11) is 1.63. The smallest absolute Gasteiger partial charge is 0.243 e. The Balaban J connectivity index is 2.13. The molecular formula is C20H26N2O4. The number of aryl methyl sites for hydroxylation is 1. The molecule has 0 unspecified atom stereocenters. The number of hydrogen-bond acceptors (Lipinski definition) is 4. The number of hydrogen-bond donors (Lipinski definition) is 2. The van der Waals surface area contributed by atoms with Crippen molar-refractivity contribution in [3.05, 3.63) is 41.7 Å². The van der Waals surface area contributed by atoms with Crippen LogP contribution < -0.4 is 10.2 Å². The van der Waals surface area contributed by atoms with Crippen molar-refractivity contribution in [2.45, 2.75) is 46.1 Å². The Morgan fingerprint density at radius 1 is 1.15 bits per heavy atom. The number of carbonyl (C=O) groups excluding carboxylic acids is 2. The van der Waals surface area contributed by atoms with Crippen molar-refractivity contribution in [2.24, 2.45) is 0 Å². The molecule has 1 aromatic heterocycles. The van der Waals surface area contributed by atoms with Crippen LogP contribution in [0.15, 0.2) is 30.5 Å². The van der Waals surface area contributed by atoms with Crippen molar-refractivity contribution in [1.29, 1.82) is 0 Å². The lowest BCUT2D eigenvalue weighted by Crippen LogP contribution is -2.17. The molecule has 0 aliphatic rings. The zero-order chi connectivity index (χ0) is 19.1. The van der Waals surface area contributed by atoms with E-state index in [1.54, 1.807) is 19.5 Å².